The van der Waals surface area contributed by atoms with Crippen LogP contribution in [0.5, 0.6) is 0 Å². The monoisotopic (exact) mass is 368 g/mol. The minimum absolute atomic E-state index is 0.0482. The molecule has 0 aliphatic rings. The summed E-state index contributed by atoms with van der Waals surface area (Å²) in [5, 5.41) is 3.88. The molecular formula is C15H11F3N4O2S. The molecule has 10 heteroatoms. The van der Waals surface area contributed by atoms with Crippen LogP contribution in [0.2, 0.25) is 0 Å². The van der Waals surface area contributed by atoms with Gasteiger partial charge >= 0.3 is 0 Å². The Morgan fingerprint density at radius 3 is 2.48 bits per heavy atom. The largest absolute Gasteiger partial charge is 0.264 e. The van der Waals surface area contributed by atoms with Crippen LogP contribution in [-0.2, 0) is 16.6 Å². The van der Waals surface area contributed by atoms with Crippen molar-refractivity contribution in [2.45, 2.75) is 11.4 Å². The molecule has 0 saturated carbocycles. The number of benzene rings is 2. The van der Waals surface area contributed by atoms with Gasteiger partial charge in [-0.1, -0.05) is 18.2 Å². The quantitative estimate of drug-likeness (QED) is 0.751. The number of aromatic nitrogens is 3. The summed E-state index contributed by atoms with van der Waals surface area (Å²) >= 11 is 0. The van der Waals surface area contributed by atoms with Gasteiger partial charge in [-0.05, 0) is 24.3 Å². The van der Waals surface area contributed by atoms with Crippen molar-refractivity contribution in [3.05, 3.63) is 71.8 Å². The number of nitrogens with one attached hydrogen (secondary N) is 1. The van der Waals surface area contributed by atoms with Crippen molar-refractivity contribution in [2.24, 2.45) is 0 Å². The number of sulfonamides is 1. The van der Waals surface area contributed by atoms with Gasteiger partial charge in [-0.3, -0.25) is 0 Å². The first-order chi connectivity index (χ1) is 11.8. The van der Waals surface area contributed by atoms with E-state index in [1.165, 1.54) is 17.1 Å². The first kappa shape index (κ1) is 17.0. The SMILES string of the molecule is O=S(=O)(Nc1ncn(Cc2ccccc2F)n1)c1ccc(F)c(F)c1. The zero-order valence-corrected chi connectivity index (χ0v) is 13.3. The van der Waals surface area contributed by atoms with Crippen molar-refractivity contribution < 1.29 is 21.6 Å². The molecule has 0 fully saturated rings. The summed E-state index contributed by atoms with van der Waals surface area (Å²) in [4.78, 5) is 3.29. The molecule has 6 nitrogen and oxygen atoms in total. The van der Waals surface area contributed by atoms with Crippen molar-refractivity contribution in [1.29, 1.82) is 0 Å². The Bertz CT molecular complexity index is 1020. The van der Waals surface area contributed by atoms with Gasteiger partial charge in [-0.15, -0.1) is 5.10 Å². The smallest absolute Gasteiger partial charge is 0.246 e. The number of anilines is 1. The van der Waals surface area contributed by atoms with E-state index in [0.29, 0.717) is 17.7 Å². The van der Waals surface area contributed by atoms with Gasteiger partial charge in [0, 0.05) is 5.56 Å². The fourth-order valence-corrected chi connectivity index (χ4v) is 3.00. The Labute approximate surface area is 141 Å². The van der Waals surface area contributed by atoms with Crippen molar-refractivity contribution in [2.75, 3.05) is 4.72 Å². The normalized spacial score (nSPS) is 11.5. The molecule has 0 atom stereocenters. The van der Waals surface area contributed by atoms with E-state index in [1.54, 1.807) is 18.2 Å². The van der Waals surface area contributed by atoms with E-state index in [9.17, 15) is 21.6 Å². The maximum Gasteiger partial charge on any atom is 0.264 e. The molecule has 0 saturated heterocycles. The van der Waals surface area contributed by atoms with Gasteiger partial charge in [-0.2, -0.15) is 4.98 Å². The van der Waals surface area contributed by atoms with Gasteiger partial charge in [0.25, 0.3) is 16.0 Å². The highest BCUT2D eigenvalue weighted by molar-refractivity contribution is 7.92. The molecule has 0 spiro atoms. The third-order valence-electron chi connectivity index (χ3n) is 3.25. The second-order valence-corrected chi connectivity index (χ2v) is 6.72. The Kier molecular flexibility index (Phi) is 4.45. The Morgan fingerprint density at radius 2 is 1.76 bits per heavy atom. The van der Waals surface area contributed by atoms with E-state index in [4.69, 9.17) is 0 Å². The van der Waals surface area contributed by atoms with Crippen molar-refractivity contribution >= 4 is 16.0 Å². The highest BCUT2D eigenvalue weighted by atomic mass is 32.2. The van der Waals surface area contributed by atoms with Gasteiger partial charge in [-0.25, -0.2) is 31.0 Å². The molecule has 3 aromatic rings. The van der Waals surface area contributed by atoms with Crippen LogP contribution in [0.4, 0.5) is 19.1 Å². The number of nitrogens with zero attached hydrogens (tertiary/aromatic N) is 3. The average Bonchev–Trinajstić information content (AvgIpc) is 2.98. The molecule has 0 bridgehead atoms. The van der Waals surface area contributed by atoms with Crippen LogP contribution < -0.4 is 4.72 Å². The van der Waals surface area contributed by atoms with Crippen LogP contribution in [0.3, 0.4) is 0 Å². The van der Waals surface area contributed by atoms with Gasteiger partial charge in [0.15, 0.2) is 11.6 Å². The molecule has 0 aliphatic carbocycles. The summed E-state index contributed by atoms with van der Waals surface area (Å²) in [6, 6.07) is 8.21. The van der Waals surface area contributed by atoms with Crippen LogP contribution in [0.15, 0.2) is 53.7 Å². The number of hydrogen-bond donors (Lipinski definition) is 1. The topological polar surface area (TPSA) is 76.9 Å². The predicted molar refractivity (Wildman–Crippen MR) is 82.7 cm³/mol. The molecular weight excluding hydrogens is 357 g/mol. The summed E-state index contributed by atoms with van der Waals surface area (Å²) in [5.41, 5.74) is 0.349. The standard InChI is InChI=1S/C15H11F3N4O2S/c16-12-4-2-1-3-10(12)8-22-9-19-15(20-22)21-25(23,24)11-5-6-13(17)14(18)7-11/h1-7,9H,8H2,(H,20,21). The first-order valence-electron chi connectivity index (χ1n) is 6.96. The van der Waals surface area contributed by atoms with Crippen molar-refractivity contribution in [3.63, 3.8) is 0 Å². The van der Waals surface area contributed by atoms with Gasteiger partial charge < -0.3 is 0 Å². The minimum Gasteiger partial charge on any atom is -0.246 e. The van der Waals surface area contributed by atoms with E-state index < -0.39 is 32.4 Å². The zero-order valence-electron chi connectivity index (χ0n) is 12.5. The van der Waals surface area contributed by atoms with E-state index in [0.717, 1.165) is 6.07 Å². The van der Waals surface area contributed by atoms with E-state index in [2.05, 4.69) is 10.1 Å². The zero-order chi connectivity index (χ0) is 18.0. The van der Waals surface area contributed by atoms with E-state index in [-0.39, 0.29) is 12.5 Å². The van der Waals surface area contributed by atoms with Gasteiger partial charge in [0.05, 0.1) is 11.4 Å². The molecule has 0 radical (unpaired) electrons. The molecule has 2 aromatic carbocycles. The number of halogens is 3. The highest BCUT2D eigenvalue weighted by Gasteiger charge is 2.18. The fourth-order valence-electron chi connectivity index (χ4n) is 2.04. The third kappa shape index (κ3) is 3.79. The molecule has 1 N–H and O–H groups in total. The van der Waals surface area contributed by atoms with Crippen molar-refractivity contribution in [3.8, 4) is 0 Å². The molecule has 0 amide bonds. The van der Waals surface area contributed by atoms with Crippen LogP contribution in [0.1, 0.15) is 5.56 Å². The lowest BCUT2D eigenvalue weighted by molar-refractivity contribution is 0.504. The van der Waals surface area contributed by atoms with Crippen LogP contribution in [-0.4, -0.2) is 23.2 Å². The summed E-state index contributed by atoms with van der Waals surface area (Å²) in [7, 11) is -4.19. The number of hydrogen-bond acceptors (Lipinski definition) is 4. The Balaban J connectivity index is 1.78. The summed E-state index contributed by atoms with van der Waals surface area (Å²) in [6.45, 7) is 0.0482. The Hall–Kier alpha value is -2.88. The number of rotatable bonds is 5. The average molecular weight is 368 g/mol. The maximum absolute atomic E-state index is 13.6. The molecule has 0 unspecified atom stereocenters. The molecule has 3 rings (SSSR count). The summed E-state index contributed by atoms with van der Waals surface area (Å²) in [5.74, 6) is -3.16. The van der Waals surface area contributed by atoms with Crippen LogP contribution in [0, 0.1) is 17.5 Å². The molecule has 25 heavy (non-hydrogen) atoms. The third-order valence-corrected chi connectivity index (χ3v) is 4.58. The second kappa shape index (κ2) is 6.55. The summed E-state index contributed by atoms with van der Waals surface area (Å²) in [6.07, 6.45) is 1.22. The lowest BCUT2D eigenvalue weighted by Gasteiger charge is -2.05. The lowest BCUT2D eigenvalue weighted by atomic mass is 10.2. The highest BCUT2D eigenvalue weighted by Crippen LogP contribution is 2.16. The van der Waals surface area contributed by atoms with Crippen molar-refractivity contribution in [1.82, 2.24) is 14.8 Å². The predicted octanol–water partition coefficient (Wildman–Crippen LogP) is 2.54. The van der Waals surface area contributed by atoms with Crippen LogP contribution in [0.25, 0.3) is 0 Å². The summed E-state index contributed by atoms with van der Waals surface area (Å²) < 4.78 is 67.3. The lowest BCUT2D eigenvalue weighted by Crippen LogP contribution is -2.15. The fraction of sp³-hybridized carbons (Fsp3) is 0.0667. The molecule has 130 valence electrons. The van der Waals surface area contributed by atoms with E-state index in [1.807, 2.05) is 4.72 Å². The molecule has 1 heterocycles. The Morgan fingerprint density at radius 1 is 1.00 bits per heavy atom. The second-order valence-electron chi connectivity index (χ2n) is 5.04. The minimum atomic E-state index is -4.19. The molecule has 1 aromatic heterocycles. The first-order valence-corrected chi connectivity index (χ1v) is 8.44. The van der Waals surface area contributed by atoms with E-state index >= 15 is 0 Å². The van der Waals surface area contributed by atoms with Gasteiger partial charge in [0.1, 0.15) is 12.1 Å². The molecule has 0 aliphatic heterocycles. The maximum atomic E-state index is 13.6. The van der Waals surface area contributed by atoms with Gasteiger partial charge in [0.2, 0.25) is 0 Å². The van der Waals surface area contributed by atoms with Crippen LogP contribution >= 0.6 is 0 Å².